The van der Waals surface area contributed by atoms with Gasteiger partial charge >= 0.3 is 0 Å². The van der Waals surface area contributed by atoms with Gasteiger partial charge in [0.05, 0.1) is 0 Å². The third-order valence-corrected chi connectivity index (χ3v) is 3.70. The van der Waals surface area contributed by atoms with Gasteiger partial charge in [-0.2, -0.15) is 0 Å². The van der Waals surface area contributed by atoms with Gasteiger partial charge in [0.2, 0.25) is 0 Å². The zero-order valence-electron chi connectivity index (χ0n) is 10.3. The van der Waals surface area contributed by atoms with E-state index in [1.807, 2.05) is 0 Å². The maximum Gasteiger partial charge on any atom is 0.103 e. The quantitative estimate of drug-likeness (QED) is 0.694. The van der Waals surface area contributed by atoms with E-state index in [1.165, 1.54) is 5.57 Å². The van der Waals surface area contributed by atoms with Crippen LogP contribution in [-0.4, -0.2) is 30.2 Å². The summed E-state index contributed by atoms with van der Waals surface area (Å²) in [5.74, 6) is 0.619. The maximum atomic E-state index is 13.0. The zero-order valence-corrected chi connectivity index (χ0v) is 10.3. The number of rotatable bonds is 2. The van der Waals surface area contributed by atoms with Crippen molar-refractivity contribution in [1.29, 1.82) is 0 Å². The van der Waals surface area contributed by atoms with Crippen molar-refractivity contribution >= 4 is 0 Å². The van der Waals surface area contributed by atoms with Gasteiger partial charge in [-0.05, 0) is 30.8 Å². The summed E-state index contributed by atoms with van der Waals surface area (Å²) in [6.45, 7) is 6.29. The molecule has 16 heavy (non-hydrogen) atoms. The van der Waals surface area contributed by atoms with Crippen LogP contribution in [-0.2, 0) is 0 Å². The Morgan fingerprint density at radius 1 is 1.31 bits per heavy atom. The second-order valence-electron chi connectivity index (χ2n) is 5.23. The van der Waals surface area contributed by atoms with Gasteiger partial charge < -0.3 is 0 Å². The van der Waals surface area contributed by atoms with Crippen LogP contribution in [0, 0.1) is 5.92 Å². The fraction of sp³-hybridized carbons (Fsp3) is 0.714. The lowest BCUT2D eigenvalue weighted by atomic mass is 9.93. The van der Waals surface area contributed by atoms with Crippen molar-refractivity contribution in [3.8, 4) is 0 Å². The van der Waals surface area contributed by atoms with Crippen molar-refractivity contribution in [3.05, 3.63) is 23.8 Å². The third-order valence-electron chi connectivity index (χ3n) is 3.70. The summed E-state index contributed by atoms with van der Waals surface area (Å²) in [7, 11) is 0. The van der Waals surface area contributed by atoms with E-state index in [4.69, 9.17) is 0 Å². The van der Waals surface area contributed by atoms with Crippen molar-refractivity contribution in [2.75, 3.05) is 13.1 Å². The molecule has 2 heteroatoms. The van der Waals surface area contributed by atoms with Crippen molar-refractivity contribution < 1.29 is 4.39 Å². The Kier molecular flexibility index (Phi) is 3.80. The Balaban J connectivity index is 1.88. The van der Waals surface area contributed by atoms with Gasteiger partial charge in [0, 0.05) is 19.1 Å². The number of likely N-dealkylation sites (tertiary alicyclic amines) is 1. The van der Waals surface area contributed by atoms with Crippen LogP contribution in [0.3, 0.4) is 0 Å². The molecule has 1 unspecified atom stereocenters. The van der Waals surface area contributed by atoms with Crippen LogP contribution in [0.25, 0.3) is 0 Å². The number of allylic oxidation sites excluding steroid dienone is 2. The summed E-state index contributed by atoms with van der Waals surface area (Å²) < 4.78 is 13.0. The van der Waals surface area contributed by atoms with Gasteiger partial charge in [0.25, 0.3) is 0 Å². The molecule has 0 saturated carbocycles. The lowest BCUT2D eigenvalue weighted by Gasteiger charge is -2.35. The number of piperidine rings is 1. The van der Waals surface area contributed by atoms with E-state index in [2.05, 4.69) is 37.0 Å². The molecule has 0 spiro atoms. The Labute approximate surface area is 98.0 Å². The van der Waals surface area contributed by atoms with Crippen molar-refractivity contribution in [1.82, 2.24) is 4.90 Å². The van der Waals surface area contributed by atoms with Crippen LogP contribution < -0.4 is 0 Å². The molecule has 2 aliphatic rings. The summed E-state index contributed by atoms with van der Waals surface area (Å²) in [6.07, 6.45) is 8.85. The van der Waals surface area contributed by atoms with Crippen LogP contribution in [0.1, 0.15) is 33.1 Å². The fourth-order valence-corrected chi connectivity index (χ4v) is 2.52. The predicted octanol–water partition coefficient (Wildman–Crippen LogP) is 3.33. The highest BCUT2D eigenvalue weighted by Gasteiger charge is 2.24. The molecule has 0 bridgehead atoms. The predicted molar refractivity (Wildman–Crippen MR) is 66.2 cm³/mol. The lowest BCUT2D eigenvalue weighted by Crippen LogP contribution is -2.41. The first-order chi connectivity index (χ1) is 7.66. The molecule has 1 aliphatic carbocycles. The van der Waals surface area contributed by atoms with E-state index in [0.717, 1.165) is 19.5 Å². The highest BCUT2D eigenvalue weighted by Crippen LogP contribution is 2.24. The molecule has 1 saturated heterocycles. The second-order valence-corrected chi connectivity index (χ2v) is 5.23. The molecule has 90 valence electrons. The topological polar surface area (TPSA) is 3.24 Å². The van der Waals surface area contributed by atoms with Crippen LogP contribution in [0.4, 0.5) is 4.39 Å². The average Bonchev–Trinajstić information content (AvgIpc) is 2.30. The average molecular weight is 223 g/mol. The molecule has 0 radical (unpaired) electrons. The van der Waals surface area contributed by atoms with E-state index < -0.39 is 6.17 Å². The molecule has 0 N–H and O–H groups in total. The number of alkyl halides is 1. The summed E-state index contributed by atoms with van der Waals surface area (Å²) in [6, 6.07) is 0.509. The molecule has 1 heterocycles. The Bertz CT molecular complexity index is 285. The standard InChI is InChI=1S/C14H22FN/c1-11(2)12-3-5-14(6-4-12)16-9-7-13(15)8-10-16/h3-5,11,13-14H,6-10H2,1-2H3. The number of nitrogens with zero attached hydrogens (tertiary/aromatic N) is 1. The summed E-state index contributed by atoms with van der Waals surface area (Å²) in [5, 5.41) is 0. The highest BCUT2D eigenvalue weighted by atomic mass is 19.1. The van der Waals surface area contributed by atoms with Crippen molar-refractivity contribution in [2.24, 2.45) is 5.92 Å². The van der Waals surface area contributed by atoms with Crippen molar-refractivity contribution in [2.45, 2.75) is 45.3 Å². The van der Waals surface area contributed by atoms with E-state index in [1.54, 1.807) is 0 Å². The van der Waals surface area contributed by atoms with E-state index in [9.17, 15) is 4.39 Å². The van der Waals surface area contributed by atoms with Crippen LogP contribution in [0.15, 0.2) is 23.8 Å². The largest absolute Gasteiger partial charge is 0.296 e. The molecule has 0 aromatic rings. The van der Waals surface area contributed by atoms with Crippen molar-refractivity contribution in [3.63, 3.8) is 0 Å². The van der Waals surface area contributed by atoms with Gasteiger partial charge in [-0.3, -0.25) is 4.90 Å². The lowest BCUT2D eigenvalue weighted by molar-refractivity contribution is 0.128. The summed E-state index contributed by atoms with van der Waals surface area (Å²) in [5.41, 5.74) is 1.44. The molecule has 0 aromatic heterocycles. The first kappa shape index (κ1) is 11.8. The first-order valence-electron chi connectivity index (χ1n) is 6.43. The highest BCUT2D eigenvalue weighted by molar-refractivity contribution is 5.26. The van der Waals surface area contributed by atoms with Gasteiger partial charge in [-0.25, -0.2) is 4.39 Å². The van der Waals surface area contributed by atoms with Gasteiger partial charge in [0.1, 0.15) is 6.17 Å². The third kappa shape index (κ3) is 2.73. The zero-order chi connectivity index (χ0) is 11.5. The minimum atomic E-state index is -0.564. The minimum Gasteiger partial charge on any atom is -0.296 e. The Morgan fingerprint density at radius 3 is 2.50 bits per heavy atom. The molecular formula is C14H22FN. The maximum absolute atomic E-state index is 13.0. The van der Waals surface area contributed by atoms with E-state index in [-0.39, 0.29) is 0 Å². The normalized spacial score (nSPS) is 28.5. The molecule has 0 aromatic carbocycles. The summed E-state index contributed by atoms with van der Waals surface area (Å²) >= 11 is 0. The molecule has 2 rings (SSSR count). The number of halogens is 1. The molecule has 1 fully saturated rings. The summed E-state index contributed by atoms with van der Waals surface area (Å²) in [4.78, 5) is 2.42. The van der Waals surface area contributed by atoms with E-state index >= 15 is 0 Å². The van der Waals surface area contributed by atoms with Crippen LogP contribution in [0.2, 0.25) is 0 Å². The Hall–Kier alpha value is -0.630. The molecule has 1 atom stereocenters. The second kappa shape index (κ2) is 5.13. The molecule has 1 nitrogen and oxygen atoms in total. The first-order valence-corrected chi connectivity index (χ1v) is 6.43. The SMILES string of the molecule is CC(C)C1=CCC(N2CCC(F)CC2)C=C1. The van der Waals surface area contributed by atoms with Crippen LogP contribution >= 0.6 is 0 Å². The van der Waals surface area contributed by atoms with Gasteiger partial charge in [-0.15, -0.1) is 0 Å². The molecule has 1 aliphatic heterocycles. The smallest absolute Gasteiger partial charge is 0.103 e. The van der Waals surface area contributed by atoms with Crippen LogP contribution in [0.5, 0.6) is 0 Å². The number of hydrogen-bond acceptors (Lipinski definition) is 1. The van der Waals surface area contributed by atoms with E-state index in [0.29, 0.717) is 24.8 Å². The van der Waals surface area contributed by atoms with Gasteiger partial charge in [0.15, 0.2) is 0 Å². The molecular weight excluding hydrogens is 201 g/mol. The number of hydrogen-bond donors (Lipinski definition) is 0. The van der Waals surface area contributed by atoms with Gasteiger partial charge in [-0.1, -0.05) is 32.1 Å². The monoisotopic (exact) mass is 223 g/mol. The fourth-order valence-electron chi connectivity index (χ4n) is 2.52. The minimum absolute atomic E-state index is 0.509. The Morgan fingerprint density at radius 2 is 2.00 bits per heavy atom. The molecule has 0 amide bonds.